The molecule has 1 unspecified atom stereocenters. The van der Waals surface area contributed by atoms with Crippen molar-refractivity contribution in [2.45, 2.75) is 44.8 Å². The number of hydrogen-bond acceptors (Lipinski definition) is 7. The molecule has 2 bridgehead atoms. The van der Waals surface area contributed by atoms with E-state index in [4.69, 9.17) is 4.74 Å². The lowest BCUT2D eigenvalue weighted by molar-refractivity contribution is -0.136. The second-order valence-corrected chi connectivity index (χ2v) is 8.83. The van der Waals surface area contributed by atoms with Crippen LogP contribution < -0.4 is 15.0 Å². The van der Waals surface area contributed by atoms with Gasteiger partial charge < -0.3 is 15.0 Å². The quantitative estimate of drug-likeness (QED) is 0.535. The maximum atomic E-state index is 12.4. The highest BCUT2D eigenvalue weighted by atomic mass is 19.4. The molecule has 0 spiro atoms. The molecule has 2 aliphatic rings. The molecule has 4 heterocycles. The molecule has 0 radical (unpaired) electrons. The highest BCUT2D eigenvalue weighted by Crippen LogP contribution is 2.39. The second kappa shape index (κ2) is 8.68. The van der Waals surface area contributed by atoms with Crippen molar-refractivity contribution in [2.24, 2.45) is 11.8 Å². The maximum absolute atomic E-state index is 12.4. The zero-order valence-electron chi connectivity index (χ0n) is 18.3. The Morgan fingerprint density at radius 1 is 1.18 bits per heavy atom. The number of nitrogens with zero attached hydrogens (tertiary/aromatic N) is 6. The van der Waals surface area contributed by atoms with Crippen LogP contribution >= 0.6 is 0 Å². The number of aromatic nitrogens is 5. The molecule has 1 saturated heterocycles. The molecule has 1 aliphatic heterocycles. The Hall–Kier alpha value is -3.11. The van der Waals surface area contributed by atoms with Crippen LogP contribution in [-0.2, 0) is 0 Å². The fourth-order valence-corrected chi connectivity index (χ4v) is 4.92. The van der Waals surface area contributed by atoms with E-state index >= 15 is 0 Å². The minimum Gasteiger partial charge on any atom is -0.490 e. The van der Waals surface area contributed by atoms with Crippen LogP contribution in [0.4, 0.5) is 24.9 Å². The average Bonchev–Trinajstić information content (AvgIpc) is 3.27. The fraction of sp³-hybridized carbons (Fsp3) is 0.545. The largest absolute Gasteiger partial charge is 0.490 e. The van der Waals surface area contributed by atoms with Gasteiger partial charge in [0.1, 0.15) is 12.1 Å². The first kappa shape index (κ1) is 21.7. The van der Waals surface area contributed by atoms with Gasteiger partial charge in [-0.15, -0.1) is 5.10 Å². The fourth-order valence-electron chi connectivity index (χ4n) is 4.92. The Bertz CT molecular complexity index is 1100. The van der Waals surface area contributed by atoms with Gasteiger partial charge in [-0.05, 0) is 50.2 Å². The van der Waals surface area contributed by atoms with Crippen molar-refractivity contribution in [1.29, 1.82) is 0 Å². The van der Waals surface area contributed by atoms with Crippen LogP contribution in [0.1, 0.15) is 31.4 Å². The van der Waals surface area contributed by atoms with E-state index in [2.05, 4.69) is 30.3 Å². The van der Waals surface area contributed by atoms with Crippen LogP contribution in [0.5, 0.6) is 5.75 Å². The van der Waals surface area contributed by atoms with E-state index in [-0.39, 0.29) is 19.1 Å². The van der Waals surface area contributed by atoms with E-state index < -0.39 is 12.6 Å². The standard InChI is InChI=1S/C22H26F3N7O/c1-14-10-18(27-13-26-14)31-11-15-5-6-16(12-31)19(15)28-21-29-20-17(4-2-8-32(20)30-21)33-9-3-7-22(23,24)25/h2,4,8,10,13,15-16,19H,3,5-7,9,11-12H2,1H3,(H,28,30)/t15-,16?,19-/m0/s1. The third-order valence-corrected chi connectivity index (χ3v) is 6.43. The summed E-state index contributed by atoms with van der Waals surface area (Å²) in [4.78, 5) is 15.5. The van der Waals surface area contributed by atoms with Gasteiger partial charge >= 0.3 is 6.18 Å². The SMILES string of the molecule is Cc1cc(N2CC3CC[C@@H](C2)[C@@H]3Nc2nc3c(OCCCC(F)(F)F)cccn3n2)ncn1. The van der Waals surface area contributed by atoms with Crippen molar-refractivity contribution in [3.8, 4) is 5.75 Å². The number of piperidine rings is 1. The summed E-state index contributed by atoms with van der Waals surface area (Å²) in [5.41, 5.74) is 1.45. The second-order valence-electron chi connectivity index (χ2n) is 8.83. The van der Waals surface area contributed by atoms with Gasteiger partial charge in [0.25, 0.3) is 0 Å². The Morgan fingerprint density at radius 2 is 1.97 bits per heavy atom. The zero-order chi connectivity index (χ0) is 23.0. The van der Waals surface area contributed by atoms with E-state index in [1.807, 2.05) is 13.0 Å². The zero-order valence-corrected chi connectivity index (χ0v) is 18.3. The first-order valence-electron chi connectivity index (χ1n) is 11.2. The van der Waals surface area contributed by atoms with Gasteiger partial charge in [-0.2, -0.15) is 18.2 Å². The molecule has 2 fully saturated rings. The van der Waals surface area contributed by atoms with E-state index in [9.17, 15) is 13.2 Å². The monoisotopic (exact) mass is 461 g/mol. The molecule has 176 valence electrons. The molecule has 3 atom stereocenters. The molecule has 11 heteroatoms. The van der Waals surface area contributed by atoms with Crippen molar-refractivity contribution >= 4 is 17.4 Å². The molecule has 1 aliphatic carbocycles. The lowest BCUT2D eigenvalue weighted by Gasteiger charge is -2.38. The first-order chi connectivity index (χ1) is 15.9. The molecule has 0 amide bonds. The average molecular weight is 461 g/mol. The molecule has 1 saturated carbocycles. The van der Waals surface area contributed by atoms with E-state index in [1.165, 1.54) is 0 Å². The number of anilines is 2. The van der Waals surface area contributed by atoms with Crippen LogP contribution in [0.2, 0.25) is 0 Å². The van der Waals surface area contributed by atoms with Crippen LogP contribution in [0.25, 0.3) is 5.65 Å². The molecule has 5 rings (SSSR count). The predicted molar refractivity (Wildman–Crippen MR) is 116 cm³/mol. The van der Waals surface area contributed by atoms with Crippen molar-refractivity contribution in [3.05, 3.63) is 36.4 Å². The molecule has 3 aromatic heterocycles. The van der Waals surface area contributed by atoms with Gasteiger partial charge in [-0.1, -0.05) is 0 Å². The summed E-state index contributed by atoms with van der Waals surface area (Å²) >= 11 is 0. The lowest BCUT2D eigenvalue weighted by Crippen LogP contribution is -2.48. The molecule has 3 aromatic rings. The Labute approximate surface area is 189 Å². The van der Waals surface area contributed by atoms with Gasteiger partial charge in [-0.25, -0.2) is 14.5 Å². The number of alkyl halides is 3. The number of hydrogen-bond donors (Lipinski definition) is 1. The number of halogens is 3. The summed E-state index contributed by atoms with van der Waals surface area (Å²) in [7, 11) is 0. The van der Waals surface area contributed by atoms with Crippen LogP contribution in [0.15, 0.2) is 30.7 Å². The number of ether oxygens (including phenoxy) is 1. The van der Waals surface area contributed by atoms with Crippen LogP contribution in [0.3, 0.4) is 0 Å². The number of rotatable bonds is 7. The van der Waals surface area contributed by atoms with Gasteiger partial charge in [-0.3, -0.25) is 0 Å². The Kier molecular flexibility index (Phi) is 5.71. The summed E-state index contributed by atoms with van der Waals surface area (Å²) < 4.78 is 44.3. The van der Waals surface area contributed by atoms with Gasteiger partial charge in [0.2, 0.25) is 5.95 Å². The summed E-state index contributed by atoms with van der Waals surface area (Å²) in [5.74, 6) is 2.80. The van der Waals surface area contributed by atoms with E-state index in [0.29, 0.717) is 29.2 Å². The molecule has 0 aromatic carbocycles. The van der Waals surface area contributed by atoms with Crippen molar-refractivity contribution in [1.82, 2.24) is 24.6 Å². The van der Waals surface area contributed by atoms with Crippen LogP contribution in [0, 0.1) is 18.8 Å². The molecule has 33 heavy (non-hydrogen) atoms. The van der Waals surface area contributed by atoms with Gasteiger partial charge in [0.15, 0.2) is 11.4 Å². The molecular weight excluding hydrogens is 435 g/mol. The summed E-state index contributed by atoms with van der Waals surface area (Å²) in [6.07, 6.45) is 0.477. The molecule has 1 N–H and O–H groups in total. The number of aryl methyl sites for hydroxylation is 1. The first-order valence-corrected chi connectivity index (χ1v) is 11.2. The van der Waals surface area contributed by atoms with Crippen molar-refractivity contribution < 1.29 is 17.9 Å². The number of fused-ring (bicyclic) bond motifs is 3. The lowest BCUT2D eigenvalue weighted by atomic mass is 9.92. The van der Waals surface area contributed by atoms with Crippen molar-refractivity contribution in [3.63, 3.8) is 0 Å². The highest BCUT2D eigenvalue weighted by molar-refractivity contribution is 5.56. The minimum absolute atomic E-state index is 0.0278. The summed E-state index contributed by atoms with van der Waals surface area (Å²) in [5, 5.41) is 8.04. The van der Waals surface area contributed by atoms with E-state index in [1.54, 1.807) is 29.2 Å². The van der Waals surface area contributed by atoms with Crippen LogP contribution in [-0.4, -0.2) is 56.5 Å². The summed E-state index contributed by atoms with van der Waals surface area (Å²) in [6, 6.07) is 5.73. The molecule has 8 nitrogen and oxygen atoms in total. The maximum Gasteiger partial charge on any atom is 0.389 e. The highest BCUT2D eigenvalue weighted by Gasteiger charge is 2.43. The van der Waals surface area contributed by atoms with Gasteiger partial charge in [0, 0.05) is 43.5 Å². The summed E-state index contributed by atoms with van der Waals surface area (Å²) in [6.45, 7) is 3.76. The van der Waals surface area contributed by atoms with Crippen molar-refractivity contribution in [2.75, 3.05) is 29.9 Å². The Morgan fingerprint density at radius 3 is 2.70 bits per heavy atom. The van der Waals surface area contributed by atoms with E-state index in [0.717, 1.165) is 37.4 Å². The predicted octanol–water partition coefficient (Wildman–Crippen LogP) is 3.88. The van der Waals surface area contributed by atoms with Gasteiger partial charge in [0.05, 0.1) is 6.61 Å². The number of pyridine rings is 1. The molecular formula is C22H26F3N7O. The minimum atomic E-state index is -4.18. The number of nitrogens with one attached hydrogen (secondary N) is 1. The third-order valence-electron chi connectivity index (χ3n) is 6.43. The Balaban J connectivity index is 1.25. The smallest absolute Gasteiger partial charge is 0.389 e. The topological polar surface area (TPSA) is 80.5 Å². The normalized spacial score (nSPS) is 22.7. The third kappa shape index (κ3) is 4.81.